The van der Waals surface area contributed by atoms with Gasteiger partial charge in [0, 0.05) is 29.0 Å². The molecular formula is C22H24N2O4. The molecule has 6 nitrogen and oxygen atoms in total. The highest BCUT2D eigenvalue weighted by molar-refractivity contribution is 5.96. The number of esters is 1. The lowest BCUT2D eigenvalue weighted by Gasteiger charge is -2.15. The van der Waals surface area contributed by atoms with Crippen LogP contribution < -0.4 is 14.8 Å². The summed E-state index contributed by atoms with van der Waals surface area (Å²) in [7, 11) is 0. The normalized spacial score (nSPS) is 10.5. The first-order valence-electron chi connectivity index (χ1n) is 9.38. The summed E-state index contributed by atoms with van der Waals surface area (Å²) < 4.78 is 16.5. The van der Waals surface area contributed by atoms with E-state index in [-0.39, 0.29) is 5.97 Å². The molecule has 1 aromatic heterocycles. The third-order valence-corrected chi connectivity index (χ3v) is 4.06. The van der Waals surface area contributed by atoms with Crippen LogP contribution in [0.4, 0.5) is 11.4 Å². The van der Waals surface area contributed by atoms with E-state index in [4.69, 9.17) is 14.2 Å². The number of pyridine rings is 1. The molecule has 0 amide bonds. The second-order valence-electron chi connectivity index (χ2n) is 5.97. The van der Waals surface area contributed by atoms with Crippen LogP contribution in [0.2, 0.25) is 0 Å². The van der Waals surface area contributed by atoms with Crippen LogP contribution >= 0.6 is 0 Å². The van der Waals surface area contributed by atoms with Crippen LogP contribution in [0.5, 0.6) is 11.5 Å². The summed E-state index contributed by atoms with van der Waals surface area (Å²) in [5, 5.41) is 4.26. The Labute approximate surface area is 164 Å². The van der Waals surface area contributed by atoms with Crippen LogP contribution in [0.1, 0.15) is 31.1 Å². The summed E-state index contributed by atoms with van der Waals surface area (Å²) in [4.78, 5) is 16.4. The van der Waals surface area contributed by atoms with Crippen molar-refractivity contribution in [2.45, 2.75) is 20.8 Å². The zero-order valence-corrected chi connectivity index (χ0v) is 16.3. The molecule has 1 N–H and O–H groups in total. The number of ether oxygens (including phenoxy) is 3. The van der Waals surface area contributed by atoms with Gasteiger partial charge < -0.3 is 19.5 Å². The summed E-state index contributed by atoms with van der Waals surface area (Å²) >= 11 is 0. The fraction of sp³-hybridized carbons (Fsp3) is 0.273. The Morgan fingerprint density at radius 2 is 1.71 bits per heavy atom. The maximum absolute atomic E-state index is 12.0. The van der Waals surface area contributed by atoms with Gasteiger partial charge in [0.2, 0.25) is 0 Å². The lowest BCUT2D eigenvalue weighted by Crippen LogP contribution is -2.05. The van der Waals surface area contributed by atoms with Crippen molar-refractivity contribution >= 4 is 28.2 Å². The molecule has 146 valence electrons. The summed E-state index contributed by atoms with van der Waals surface area (Å²) in [5.74, 6) is 1.00. The molecule has 2 aromatic carbocycles. The van der Waals surface area contributed by atoms with E-state index >= 15 is 0 Å². The Kier molecular flexibility index (Phi) is 6.32. The molecule has 3 rings (SSSR count). The van der Waals surface area contributed by atoms with Crippen molar-refractivity contribution in [1.29, 1.82) is 0 Å². The molecule has 0 aliphatic heterocycles. The van der Waals surface area contributed by atoms with Crippen LogP contribution in [0.15, 0.2) is 48.7 Å². The zero-order chi connectivity index (χ0) is 19.9. The van der Waals surface area contributed by atoms with Gasteiger partial charge in [-0.1, -0.05) is 6.07 Å². The van der Waals surface area contributed by atoms with E-state index < -0.39 is 0 Å². The standard InChI is InChI=1S/C22H24N2O4/c1-4-26-20-13-17-18(10-11-23-19(17)14-21(20)27-5-2)24-16-9-7-8-15(12-16)22(25)28-6-3/h7-14H,4-6H2,1-3H3,(H,23,24). The third kappa shape index (κ3) is 4.34. The molecule has 0 unspecified atom stereocenters. The number of nitrogens with zero attached hydrogens (tertiary/aromatic N) is 1. The smallest absolute Gasteiger partial charge is 0.338 e. The van der Waals surface area contributed by atoms with Gasteiger partial charge in [0.15, 0.2) is 11.5 Å². The second-order valence-corrected chi connectivity index (χ2v) is 5.97. The Hall–Kier alpha value is -3.28. The molecule has 0 spiro atoms. The predicted octanol–water partition coefficient (Wildman–Crippen LogP) is 4.95. The van der Waals surface area contributed by atoms with E-state index in [1.807, 2.05) is 44.2 Å². The highest BCUT2D eigenvalue weighted by Crippen LogP contribution is 2.35. The molecule has 3 aromatic rings. The van der Waals surface area contributed by atoms with Crippen LogP contribution in [0.3, 0.4) is 0 Å². The van der Waals surface area contributed by atoms with Crippen LogP contribution in [-0.2, 0) is 4.74 Å². The molecule has 0 fully saturated rings. The number of rotatable bonds is 8. The monoisotopic (exact) mass is 380 g/mol. The molecule has 0 aliphatic rings. The maximum Gasteiger partial charge on any atom is 0.338 e. The maximum atomic E-state index is 12.0. The average molecular weight is 380 g/mol. The van der Waals surface area contributed by atoms with Gasteiger partial charge >= 0.3 is 5.97 Å². The topological polar surface area (TPSA) is 69.7 Å². The number of carbonyl (C=O) groups is 1. The zero-order valence-electron chi connectivity index (χ0n) is 16.3. The summed E-state index contributed by atoms with van der Waals surface area (Å²) in [5.41, 5.74) is 2.93. The summed E-state index contributed by atoms with van der Waals surface area (Å²) in [6.07, 6.45) is 1.73. The predicted molar refractivity (Wildman–Crippen MR) is 110 cm³/mol. The first-order chi connectivity index (χ1) is 13.7. The highest BCUT2D eigenvalue weighted by Gasteiger charge is 2.12. The minimum atomic E-state index is -0.342. The number of hydrogen-bond donors (Lipinski definition) is 1. The first-order valence-corrected chi connectivity index (χ1v) is 9.38. The van der Waals surface area contributed by atoms with Gasteiger partial charge in [0.05, 0.1) is 30.9 Å². The Morgan fingerprint density at radius 1 is 0.964 bits per heavy atom. The number of anilines is 2. The Morgan fingerprint density at radius 3 is 2.43 bits per heavy atom. The van der Waals surface area contributed by atoms with Gasteiger partial charge in [-0.3, -0.25) is 4.98 Å². The van der Waals surface area contributed by atoms with E-state index in [9.17, 15) is 4.79 Å². The van der Waals surface area contributed by atoms with Crippen molar-refractivity contribution in [1.82, 2.24) is 4.98 Å². The number of aromatic nitrogens is 1. The molecule has 0 bridgehead atoms. The van der Waals surface area contributed by atoms with Gasteiger partial charge in [-0.25, -0.2) is 4.79 Å². The number of carbonyl (C=O) groups excluding carboxylic acids is 1. The van der Waals surface area contributed by atoms with Gasteiger partial charge in [0.1, 0.15) is 0 Å². The molecule has 0 saturated heterocycles. The van der Waals surface area contributed by atoms with Crippen LogP contribution in [-0.4, -0.2) is 30.8 Å². The van der Waals surface area contributed by atoms with Gasteiger partial charge in [-0.15, -0.1) is 0 Å². The molecule has 0 saturated carbocycles. The molecule has 0 radical (unpaired) electrons. The third-order valence-electron chi connectivity index (χ3n) is 4.06. The average Bonchev–Trinajstić information content (AvgIpc) is 2.70. The van der Waals surface area contributed by atoms with Crippen LogP contribution in [0, 0.1) is 0 Å². The highest BCUT2D eigenvalue weighted by atomic mass is 16.5. The van der Waals surface area contributed by atoms with Crippen molar-refractivity contribution in [3.8, 4) is 11.5 Å². The minimum absolute atomic E-state index is 0.341. The van der Waals surface area contributed by atoms with Gasteiger partial charge in [0.25, 0.3) is 0 Å². The molecule has 0 aliphatic carbocycles. The van der Waals surface area contributed by atoms with E-state index in [1.54, 1.807) is 25.3 Å². The fourth-order valence-corrected chi connectivity index (χ4v) is 2.89. The second kappa shape index (κ2) is 9.08. The van der Waals surface area contributed by atoms with Crippen molar-refractivity contribution in [2.24, 2.45) is 0 Å². The summed E-state index contributed by atoms with van der Waals surface area (Å²) in [6, 6.07) is 12.9. The van der Waals surface area contributed by atoms with E-state index in [1.165, 1.54) is 0 Å². The molecule has 1 heterocycles. The quantitative estimate of drug-likeness (QED) is 0.558. The Balaban J connectivity index is 1.98. The van der Waals surface area contributed by atoms with E-state index in [0.29, 0.717) is 36.9 Å². The van der Waals surface area contributed by atoms with E-state index in [2.05, 4.69) is 10.3 Å². The van der Waals surface area contributed by atoms with Crippen molar-refractivity contribution < 1.29 is 19.0 Å². The fourth-order valence-electron chi connectivity index (χ4n) is 2.89. The van der Waals surface area contributed by atoms with Crippen molar-refractivity contribution in [2.75, 3.05) is 25.1 Å². The van der Waals surface area contributed by atoms with Crippen molar-refractivity contribution in [3.05, 3.63) is 54.2 Å². The minimum Gasteiger partial charge on any atom is -0.490 e. The van der Waals surface area contributed by atoms with Gasteiger partial charge in [-0.05, 0) is 51.1 Å². The number of hydrogen-bond acceptors (Lipinski definition) is 6. The van der Waals surface area contributed by atoms with Crippen LogP contribution in [0.25, 0.3) is 10.9 Å². The summed E-state index contributed by atoms with van der Waals surface area (Å²) in [6.45, 7) is 7.08. The SMILES string of the molecule is CCOC(=O)c1cccc(Nc2ccnc3cc(OCC)c(OCC)cc23)c1. The number of benzene rings is 2. The lowest BCUT2D eigenvalue weighted by molar-refractivity contribution is 0.0526. The molecule has 28 heavy (non-hydrogen) atoms. The first kappa shape index (κ1) is 19.5. The molecule has 0 atom stereocenters. The number of fused-ring (bicyclic) bond motifs is 1. The molecular weight excluding hydrogens is 356 g/mol. The molecule has 6 heteroatoms. The van der Waals surface area contributed by atoms with E-state index in [0.717, 1.165) is 22.3 Å². The lowest BCUT2D eigenvalue weighted by atomic mass is 10.1. The largest absolute Gasteiger partial charge is 0.490 e. The van der Waals surface area contributed by atoms with Crippen molar-refractivity contribution in [3.63, 3.8) is 0 Å². The number of nitrogens with one attached hydrogen (secondary N) is 1. The van der Waals surface area contributed by atoms with Gasteiger partial charge in [-0.2, -0.15) is 0 Å². The Bertz CT molecular complexity index is 972.